The summed E-state index contributed by atoms with van der Waals surface area (Å²) in [6.45, 7) is 9.59. The number of hydrogen-bond acceptors (Lipinski definition) is 8. The van der Waals surface area contributed by atoms with Crippen molar-refractivity contribution in [1.29, 1.82) is 0 Å². The molecule has 0 aromatic heterocycles. The number of methoxy groups -OCH3 is 1. The van der Waals surface area contributed by atoms with E-state index in [4.69, 9.17) is 15.2 Å². The molecule has 3 amide bonds. The number of nitrogens with one attached hydrogen (secondary N) is 3. The van der Waals surface area contributed by atoms with E-state index < -0.39 is 53.8 Å². The number of nitrogen functional groups attached to an aromatic ring is 1. The van der Waals surface area contributed by atoms with Crippen LogP contribution in [0.3, 0.4) is 0 Å². The quantitative estimate of drug-likeness (QED) is 0.0553. The molecular formula is C42H55N4O8P. The largest absolute Gasteiger partial charge is 0.497 e. The molecule has 0 radical (unpaired) electrons. The molecule has 2 aliphatic rings. The molecule has 13 heteroatoms. The summed E-state index contributed by atoms with van der Waals surface area (Å²) < 4.78 is 11.9. The minimum Gasteiger partial charge on any atom is -0.497 e. The summed E-state index contributed by atoms with van der Waals surface area (Å²) in [5, 5.41) is 18.1. The Balaban J connectivity index is 1.68. The van der Waals surface area contributed by atoms with Crippen molar-refractivity contribution < 1.29 is 38.6 Å². The molecule has 6 N–H and O–H groups in total. The van der Waals surface area contributed by atoms with Gasteiger partial charge in [-0.1, -0.05) is 92.6 Å². The number of benzene rings is 2. The van der Waals surface area contributed by atoms with Crippen molar-refractivity contribution >= 4 is 55.5 Å². The Hall–Kier alpha value is -4.96. The van der Waals surface area contributed by atoms with Crippen LogP contribution in [-0.4, -0.2) is 65.7 Å². The molecule has 4 rings (SSSR count). The Labute approximate surface area is 326 Å². The molecule has 6 atom stereocenters. The van der Waals surface area contributed by atoms with Gasteiger partial charge in [0.2, 0.25) is 17.7 Å². The molecule has 296 valence electrons. The molecule has 0 heterocycles. The van der Waals surface area contributed by atoms with Crippen LogP contribution >= 0.6 is 9.24 Å². The second-order valence-electron chi connectivity index (χ2n) is 14.6. The number of carboxylic acid groups (broad SMARTS) is 1. The van der Waals surface area contributed by atoms with Crippen LogP contribution in [0.5, 0.6) is 5.75 Å². The predicted octanol–water partition coefficient (Wildman–Crippen LogP) is 5.64. The zero-order valence-electron chi connectivity index (χ0n) is 32.1. The highest BCUT2D eigenvalue weighted by atomic mass is 31.0. The first-order valence-corrected chi connectivity index (χ1v) is 19.5. The first kappa shape index (κ1) is 42.8. The van der Waals surface area contributed by atoms with Gasteiger partial charge in [0, 0.05) is 29.3 Å². The molecule has 1 fully saturated rings. The first-order chi connectivity index (χ1) is 26.2. The molecule has 0 spiro atoms. The predicted molar refractivity (Wildman–Crippen MR) is 216 cm³/mol. The van der Waals surface area contributed by atoms with Crippen molar-refractivity contribution in [2.75, 3.05) is 12.8 Å². The van der Waals surface area contributed by atoms with Crippen LogP contribution in [0.4, 0.5) is 5.69 Å². The Bertz CT molecular complexity index is 1790. The van der Waals surface area contributed by atoms with E-state index in [-0.39, 0.29) is 35.8 Å². The van der Waals surface area contributed by atoms with E-state index in [0.29, 0.717) is 34.8 Å². The van der Waals surface area contributed by atoms with Gasteiger partial charge in [-0.15, -0.1) is 0 Å². The van der Waals surface area contributed by atoms with E-state index in [0.717, 1.165) is 37.7 Å². The number of carboxylic acids is 1. The number of hydrogen-bond donors (Lipinski definition) is 5. The monoisotopic (exact) mass is 774 g/mol. The van der Waals surface area contributed by atoms with Crippen LogP contribution in [-0.2, 0) is 28.7 Å². The number of rotatable bonds is 18. The maximum Gasteiger partial charge on any atom is 0.326 e. The highest BCUT2D eigenvalue weighted by Crippen LogP contribution is 2.36. The van der Waals surface area contributed by atoms with E-state index in [9.17, 15) is 29.1 Å². The summed E-state index contributed by atoms with van der Waals surface area (Å²) in [5.41, 5.74) is 8.59. The molecule has 1 saturated carbocycles. The van der Waals surface area contributed by atoms with Crippen molar-refractivity contribution in [2.24, 2.45) is 17.8 Å². The maximum absolute atomic E-state index is 14.2. The maximum atomic E-state index is 14.2. The van der Waals surface area contributed by atoms with Gasteiger partial charge in [-0.3, -0.25) is 19.2 Å². The molecule has 12 nitrogen and oxygen atoms in total. The van der Waals surface area contributed by atoms with Crippen molar-refractivity contribution in [2.45, 2.75) is 96.4 Å². The molecule has 0 aliphatic heterocycles. The van der Waals surface area contributed by atoms with E-state index >= 15 is 0 Å². The molecule has 0 bridgehead atoms. The lowest BCUT2D eigenvalue weighted by Gasteiger charge is -2.31. The van der Waals surface area contributed by atoms with Crippen LogP contribution < -0.4 is 26.4 Å². The van der Waals surface area contributed by atoms with Crippen LogP contribution in [0, 0.1) is 17.8 Å². The standard InChI is InChI=1S/C42H55N4O8P/c1-6-13-34(41(50)51)44-38(47)31-21-29(54-35(20-25(4)26-14-9-7-10-15-26)30-19-18-28(53-5)23-33(30)43)22-32(31)39(48)45-36(24(2)3)40(49)46-37(42(52)55)27-16-11-8-12-17-27/h7,9-10,14-15,18-20,22-24,27,29,31,34,36-37H,4,6,8,11-13,16-17,21,43,55H2,1-3,5H3,(H,44,47)(H,45,48)(H,46,49)(H,50,51)/b35-20+/t29-,31-,34+,36+,37+/m1/s1. The molecule has 55 heavy (non-hydrogen) atoms. The SMILES string of the molecule is C=C(/C=C(/O[C@H]1C=C(C(=O)N[C@H](C(=O)N[C@H](C(=O)P)C2CCCCC2)C(C)C)[C@H](C(=O)N[C@@H](CCC)C(=O)O)C1)c1ccc(OC)cc1N)c1ccccc1. The fourth-order valence-corrected chi connectivity index (χ4v) is 7.50. The molecule has 2 aliphatic carbocycles. The summed E-state index contributed by atoms with van der Waals surface area (Å²) in [6.07, 6.45) is 7.77. The van der Waals surface area contributed by atoms with Crippen LogP contribution in [0.2, 0.25) is 0 Å². The van der Waals surface area contributed by atoms with Gasteiger partial charge in [0.25, 0.3) is 0 Å². The number of aliphatic carboxylic acids is 1. The number of nitrogens with two attached hydrogens (primary N) is 1. The van der Waals surface area contributed by atoms with Crippen LogP contribution in [0.25, 0.3) is 11.3 Å². The smallest absolute Gasteiger partial charge is 0.326 e. The lowest BCUT2D eigenvalue weighted by Crippen LogP contribution is -2.55. The van der Waals surface area contributed by atoms with Crippen molar-refractivity contribution in [3.05, 3.63) is 84.0 Å². The number of carbonyl (C=O) groups excluding carboxylic acids is 4. The average Bonchev–Trinajstić information content (AvgIpc) is 3.59. The van der Waals surface area contributed by atoms with Gasteiger partial charge < -0.3 is 36.3 Å². The Morgan fingerprint density at radius 1 is 1.02 bits per heavy atom. The van der Waals surface area contributed by atoms with Gasteiger partial charge >= 0.3 is 5.97 Å². The highest BCUT2D eigenvalue weighted by Gasteiger charge is 2.40. The third-order valence-corrected chi connectivity index (χ3v) is 10.6. The van der Waals surface area contributed by atoms with Gasteiger partial charge in [-0.25, -0.2) is 4.79 Å². The fourth-order valence-electron chi connectivity index (χ4n) is 7.14. The van der Waals surface area contributed by atoms with Crippen LogP contribution in [0.15, 0.2) is 72.8 Å². The van der Waals surface area contributed by atoms with Crippen LogP contribution in [0.1, 0.15) is 83.3 Å². The Morgan fingerprint density at radius 3 is 2.29 bits per heavy atom. The summed E-state index contributed by atoms with van der Waals surface area (Å²) in [5.74, 6) is -3.68. The molecular weight excluding hydrogens is 719 g/mol. The van der Waals surface area contributed by atoms with Gasteiger partial charge in [-0.2, -0.15) is 0 Å². The zero-order chi connectivity index (χ0) is 40.2. The molecule has 2 aromatic rings. The fraction of sp³-hybridized carbons (Fsp3) is 0.452. The average molecular weight is 775 g/mol. The van der Waals surface area contributed by atoms with Gasteiger partial charge in [0.1, 0.15) is 29.7 Å². The van der Waals surface area contributed by atoms with E-state index in [1.54, 1.807) is 38.1 Å². The number of amides is 3. The topological polar surface area (TPSA) is 186 Å². The second-order valence-corrected chi connectivity index (χ2v) is 15.2. The minimum atomic E-state index is -1.19. The number of anilines is 1. The summed E-state index contributed by atoms with van der Waals surface area (Å²) in [4.78, 5) is 66.5. The summed E-state index contributed by atoms with van der Waals surface area (Å²) >= 11 is 0. The summed E-state index contributed by atoms with van der Waals surface area (Å²) in [6, 6.07) is 11.7. The van der Waals surface area contributed by atoms with Crippen molar-refractivity contribution in [3.8, 4) is 5.75 Å². The van der Waals surface area contributed by atoms with Crippen molar-refractivity contribution in [3.63, 3.8) is 0 Å². The molecule has 0 saturated heterocycles. The van der Waals surface area contributed by atoms with E-state index in [2.05, 4.69) is 31.8 Å². The Kier molecular flexibility index (Phi) is 15.6. The lowest BCUT2D eigenvalue weighted by atomic mass is 9.84. The highest BCUT2D eigenvalue weighted by molar-refractivity contribution is 7.40. The first-order valence-electron chi connectivity index (χ1n) is 19.0. The number of ether oxygens (including phenoxy) is 2. The third-order valence-electron chi connectivity index (χ3n) is 10.2. The molecule has 2 aromatic carbocycles. The summed E-state index contributed by atoms with van der Waals surface area (Å²) in [7, 11) is 3.71. The van der Waals surface area contributed by atoms with Crippen molar-refractivity contribution in [1.82, 2.24) is 16.0 Å². The van der Waals surface area contributed by atoms with E-state index in [1.165, 1.54) is 13.2 Å². The van der Waals surface area contributed by atoms with E-state index in [1.807, 2.05) is 37.3 Å². The lowest BCUT2D eigenvalue weighted by molar-refractivity contribution is -0.142. The van der Waals surface area contributed by atoms with Gasteiger partial charge in [0.05, 0.1) is 19.1 Å². The third kappa shape index (κ3) is 11.5. The minimum absolute atomic E-state index is 0.000000629. The molecule has 1 unspecified atom stereocenters. The second kappa shape index (κ2) is 20.1. The van der Waals surface area contributed by atoms with Gasteiger partial charge in [-0.05, 0) is 66.5 Å². The zero-order valence-corrected chi connectivity index (χ0v) is 33.3. The number of allylic oxidation sites excluding steroid dienone is 2. The van der Waals surface area contributed by atoms with Gasteiger partial charge in [0.15, 0.2) is 5.52 Å². The number of carbonyl (C=O) groups is 5. The normalized spacial score (nSPS) is 19.0. The Morgan fingerprint density at radius 2 is 1.71 bits per heavy atom.